The molecule has 0 saturated heterocycles. The molecule has 1 aliphatic carbocycles. The zero-order chi connectivity index (χ0) is 16.3. The number of aliphatic carboxylic acids is 1. The molecule has 1 unspecified atom stereocenters. The van der Waals surface area contributed by atoms with Crippen molar-refractivity contribution in [3.63, 3.8) is 0 Å². The van der Waals surface area contributed by atoms with Gasteiger partial charge in [-0.05, 0) is 38.7 Å². The summed E-state index contributed by atoms with van der Waals surface area (Å²) in [5.41, 5.74) is 0.889. The fourth-order valence-electron chi connectivity index (χ4n) is 2.75. The molecule has 2 rings (SSSR count). The summed E-state index contributed by atoms with van der Waals surface area (Å²) in [7, 11) is 3.18. The number of hydrogen-bond donors (Lipinski definition) is 1. The molecule has 1 atom stereocenters. The van der Waals surface area contributed by atoms with Crippen LogP contribution in [0, 0.1) is 5.92 Å². The van der Waals surface area contributed by atoms with Gasteiger partial charge >= 0.3 is 5.97 Å². The van der Waals surface area contributed by atoms with E-state index in [1.54, 1.807) is 20.3 Å². The molecule has 1 aromatic carbocycles. The van der Waals surface area contributed by atoms with Crippen LogP contribution in [-0.4, -0.2) is 31.4 Å². The van der Waals surface area contributed by atoms with Crippen LogP contribution in [0.15, 0.2) is 12.1 Å². The largest absolute Gasteiger partial charge is 0.496 e. The quantitative estimate of drug-likeness (QED) is 0.796. The first kappa shape index (κ1) is 16.5. The van der Waals surface area contributed by atoms with Crippen LogP contribution in [0.1, 0.15) is 44.6 Å². The molecule has 1 saturated carbocycles. The lowest BCUT2D eigenvalue weighted by molar-refractivity contribution is -0.137. The van der Waals surface area contributed by atoms with Crippen LogP contribution < -0.4 is 14.2 Å². The summed E-state index contributed by atoms with van der Waals surface area (Å²) in [5, 5.41) is 9.19. The van der Waals surface area contributed by atoms with E-state index in [1.165, 1.54) is 0 Å². The van der Waals surface area contributed by atoms with E-state index in [-0.39, 0.29) is 18.4 Å². The summed E-state index contributed by atoms with van der Waals surface area (Å²) < 4.78 is 16.6. The van der Waals surface area contributed by atoms with Crippen molar-refractivity contribution in [3.8, 4) is 17.2 Å². The zero-order valence-electron chi connectivity index (χ0n) is 13.6. The number of carboxylic acids is 1. The van der Waals surface area contributed by atoms with Gasteiger partial charge in [0.15, 0.2) is 11.5 Å². The molecule has 1 aromatic rings. The van der Waals surface area contributed by atoms with E-state index in [9.17, 15) is 9.90 Å². The lowest BCUT2D eigenvalue weighted by Crippen LogP contribution is -2.11. The first-order chi connectivity index (χ1) is 10.5. The number of methoxy groups -OCH3 is 2. The van der Waals surface area contributed by atoms with Gasteiger partial charge in [0.1, 0.15) is 5.75 Å². The number of hydrogen-bond acceptors (Lipinski definition) is 4. The molecule has 0 spiro atoms. The fourth-order valence-corrected chi connectivity index (χ4v) is 2.75. The van der Waals surface area contributed by atoms with E-state index < -0.39 is 5.97 Å². The van der Waals surface area contributed by atoms with Crippen LogP contribution in [0.3, 0.4) is 0 Å². The van der Waals surface area contributed by atoms with Gasteiger partial charge in [0.05, 0.1) is 26.7 Å². The van der Waals surface area contributed by atoms with Gasteiger partial charge in [-0.15, -0.1) is 0 Å². The minimum absolute atomic E-state index is 0.0164. The zero-order valence-corrected chi connectivity index (χ0v) is 13.6. The Balaban J connectivity index is 2.42. The molecule has 0 bridgehead atoms. The Morgan fingerprint density at radius 1 is 1.18 bits per heavy atom. The highest BCUT2D eigenvalue weighted by atomic mass is 16.5. The fraction of sp³-hybridized carbons (Fsp3) is 0.588. The molecule has 1 aliphatic rings. The predicted octanol–water partition coefficient (Wildman–Crippen LogP) is 3.46. The monoisotopic (exact) mass is 308 g/mol. The molecule has 1 fully saturated rings. The number of ether oxygens (including phenoxy) is 3. The second kappa shape index (κ2) is 6.90. The molecule has 122 valence electrons. The molecule has 22 heavy (non-hydrogen) atoms. The van der Waals surface area contributed by atoms with Gasteiger partial charge in [0.25, 0.3) is 0 Å². The SMILES string of the molecule is COc1cc(C(CC(=O)O)C2CC2)c(OC)cc1OC(C)C. The van der Waals surface area contributed by atoms with Gasteiger partial charge in [0, 0.05) is 17.5 Å². The second-order valence-corrected chi connectivity index (χ2v) is 5.95. The maximum atomic E-state index is 11.2. The Morgan fingerprint density at radius 2 is 1.82 bits per heavy atom. The van der Waals surface area contributed by atoms with Crippen LogP contribution >= 0.6 is 0 Å². The number of rotatable bonds is 8. The van der Waals surface area contributed by atoms with Gasteiger partial charge < -0.3 is 19.3 Å². The van der Waals surface area contributed by atoms with E-state index in [4.69, 9.17) is 14.2 Å². The third kappa shape index (κ3) is 3.84. The average molecular weight is 308 g/mol. The highest BCUT2D eigenvalue weighted by Crippen LogP contribution is 2.49. The van der Waals surface area contributed by atoms with E-state index in [1.807, 2.05) is 19.9 Å². The van der Waals surface area contributed by atoms with Gasteiger partial charge in [-0.3, -0.25) is 4.79 Å². The summed E-state index contributed by atoms with van der Waals surface area (Å²) in [4.78, 5) is 11.2. The van der Waals surface area contributed by atoms with E-state index in [2.05, 4.69) is 0 Å². The number of carbonyl (C=O) groups is 1. The molecular weight excluding hydrogens is 284 g/mol. The van der Waals surface area contributed by atoms with E-state index >= 15 is 0 Å². The van der Waals surface area contributed by atoms with E-state index in [0.717, 1.165) is 18.4 Å². The number of carboxylic acid groups (broad SMARTS) is 1. The van der Waals surface area contributed by atoms with E-state index in [0.29, 0.717) is 23.2 Å². The lowest BCUT2D eigenvalue weighted by atomic mass is 9.90. The normalized spacial score (nSPS) is 15.5. The first-order valence-corrected chi connectivity index (χ1v) is 7.60. The van der Waals surface area contributed by atoms with Crippen molar-refractivity contribution in [2.24, 2.45) is 5.92 Å². The first-order valence-electron chi connectivity index (χ1n) is 7.60. The Morgan fingerprint density at radius 3 is 2.27 bits per heavy atom. The summed E-state index contributed by atoms with van der Waals surface area (Å²) in [6, 6.07) is 3.66. The Bertz CT molecular complexity index is 534. The van der Waals surface area contributed by atoms with Crippen molar-refractivity contribution in [1.82, 2.24) is 0 Å². The summed E-state index contributed by atoms with van der Waals surface area (Å²) in [6.45, 7) is 3.88. The van der Waals surface area contributed by atoms with Crippen LogP contribution in [0.5, 0.6) is 17.2 Å². The lowest BCUT2D eigenvalue weighted by Gasteiger charge is -2.21. The molecule has 1 N–H and O–H groups in total. The number of benzene rings is 1. The highest BCUT2D eigenvalue weighted by molar-refractivity contribution is 5.69. The molecule has 0 heterocycles. The maximum absolute atomic E-state index is 11.2. The molecule has 0 amide bonds. The average Bonchev–Trinajstić information content (AvgIpc) is 3.28. The van der Waals surface area contributed by atoms with Gasteiger partial charge in [-0.25, -0.2) is 0 Å². The predicted molar refractivity (Wildman–Crippen MR) is 83.0 cm³/mol. The topological polar surface area (TPSA) is 65.0 Å². The summed E-state index contributed by atoms with van der Waals surface area (Å²) in [5.74, 6) is 1.46. The van der Waals surface area contributed by atoms with Crippen LogP contribution in [0.2, 0.25) is 0 Å². The molecule has 5 nitrogen and oxygen atoms in total. The van der Waals surface area contributed by atoms with Gasteiger partial charge in [-0.1, -0.05) is 0 Å². The van der Waals surface area contributed by atoms with Crippen molar-refractivity contribution < 1.29 is 24.1 Å². The molecular formula is C17H24O5. The van der Waals surface area contributed by atoms with Crippen LogP contribution in [0.4, 0.5) is 0 Å². The standard InChI is InChI=1S/C17H24O5/c1-10(2)22-16-9-14(20-3)13(7-15(16)21-4)12(8-17(18)19)11-5-6-11/h7,9-12H,5-6,8H2,1-4H3,(H,18,19). The Hall–Kier alpha value is -1.91. The molecule has 0 radical (unpaired) electrons. The smallest absolute Gasteiger partial charge is 0.303 e. The van der Waals surface area contributed by atoms with Crippen LogP contribution in [-0.2, 0) is 4.79 Å². The van der Waals surface area contributed by atoms with Crippen LogP contribution in [0.25, 0.3) is 0 Å². The van der Waals surface area contributed by atoms with Gasteiger partial charge in [0.2, 0.25) is 0 Å². The second-order valence-electron chi connectivity index (χ2n) is 5.95. The highest BCUT2D eigenvalue weighted by Gasteiger charge is 2.36. The van der Waals surface area contributed by atoms with Crippen molar-refractivity contribution in [1.29, 1.82) is 0 Å². The Kier molecular flexibility index (Phi) is 5.16. The van der Waals surface area contributed by atoms with Crippen molar-refractivity contribution >= 4 is 5.97 Å². The summed E-state index contributed by atoms with van der Waals surface area (Å²) >= 11 is 0. The third-order valence-corrected chi connectivity index (χ3v) is 3.86. The van der Waals surface area contributed by atoms with Crippen molar-refractivity contribution in [3.05, 3.63) is 17.7 Å². The minimum atomic E-state index is -0.791. The van der Waals surface area contributed by atoms with Gasteiger partial charge in [-0.2, -0.15) is 0 Å². The molecule has 0 aromatic heterocycles. The third-order valence-electron chi connectivity index (χ3n) is 3.86. The maximum Gasteiger partial charge on any atom is 0.303 e. The molecule has 5 heteroatoms. The Labute approximate surface area is 131 Å². The van der Waals surface area contributed by atoms with Crippen molar-refractivity contribution in [2.75, 3.05) is 14.2 Å². The molecule has 0 aliphatic heterocycles. The summed E-state index contributed by atoms with van der Waals surface area (Å²) in [6.07, 6.45) is 2.25. The minimum Gasteiger partial charge on any atom is -0.496 e. The van der Waals surface area contributed by atoms with Crippen molar-refractivity contribution in [2.45, 2.75) is 45.1 Å².